The van der Waals surface area contributed by atoms with Gasteiger partial charge in [-0.15, -0.1) is 11.3 Å². The number of nitrogens with zero attached hydrogens (tertiary/aromatic N) is 1. The smallest absolute Gasteiger partial charge is 0.272 e. The summed E-state index contributed by atoms with van der Waals surface area (Å²) < 4.78 is 13.5. The number of hydrogen-bond donors (Lipinski definition) is 1. The molecule has 4 nitrogen and oxygen atoms in total. The Labute approximate surface area is 182 Å². The molecule has 0 spiro atoms. The van der Waals surface area contributed by atoms with Crippen molar-refractivity contribution in [2.45, 2.75) is 6.10 Å². The molecule has 0 amide bonds. The van der Waals surface area contributed by atoms with Crippen LogP contribution in [0.5, 0.6) is 11.5 Å². The van der Waals surface area contributed by atoms with Crippen LogP contribution >= 0.6 is 39.5 Å². The van der Waals surface area contributed by atoms with E-state index in [2.05, 4.69) is 40.2 Å². The maximum Gasteiger partial charge on any atom is 0.272 e. The molecule has 0 bridgehead atoms. The van der Waals surface area contributed by atoms with Gasteiger partial charge in [0.05, 0.1) is 35.4 Å². The summed E-state index contributed by atoms with van der Waals surface area (Å²) in [5.41, 5.74) is 10.1. The predicted octanol–water partition coefficient (Wildman–Crippen LogP) is 5.48. The molecule has 1 aliphatic heterocycles. The average molecular weight is 476 g/mol. The number of fused-ring (bicyclic) bond motifs is 3. The number of benzene rings is 2. The van der Waals surface area contributed by atoms with Gasteiger partial charge in [-0.1, -0.05) is 6.07 Å². The minimum absolute atomic E-state index is 0.211. The molecule has 0 saturated heterocycles. The van der Waals surface area contributed by atoms with E-state index in [-0.39, 0.29) is 6.10 Å². The highest BCUT2D eigenvalue weighted by molar-refractivity contribution is 9.11. The van der Waals surface area contributed by atoms with Crippen molar-refractivity contribution >= 4 is 50.3 Å². The molecule has 144 valence electrons. The summed E-state index contributed by atoms with van der Waals surface area (Å²) in [4.78, 5) is 1.12. The van der Waals surface area contributed by atoms with Gasteiger partial charge in [-0.25, -0.2) is 4.48 Å². The number of nitrogens with two attached hydrogens (primary N) is 1. The Hall–Kier alpha value is -1.93. The maximum absolute atomic E-state index is 6.47. The van der Waals surface area contributed by atoms with Crippen LogP contribution < -0.4 is 19.7 Å². The monoisotopic (exact) mass is 475 g/mol. The first-order chi connectivity index (χ1) is 13.3. The summed E-state index contributed by atoms with van der Waals surface area (Å²) in [6, 6.07) is 16.4. The van der Waals surface area contributed by atoms with Gasteiger partial charge in [0, 0.05) is 29.9 Å². The van der Waals surface area contributed by atoms with Gasteiger partial charge in [0.2, 0.25) is 0 Å². The van der Waals surface area contributed by atoms with E-state index in [1.807, 2.05) is 38.4 Å². The quantitative estimate of drug-likeness (QED) is 0.402. The molecule has 1 unspecified atom stereocenters. The first-order valence-electron chi connectivity index (χ1n) is 8.70. The third-order valence-corrected chi connectivity index (χ3v) is 7.21. The molecule has 0 radical (unpaired) electrons. The summed E-state index contributed by atoms with van der Waals surface area (Å²) >= 11 is 10.5. The van der Waals surface area contributed by atoms with E-state index in [1.165, 1.54) is 0 Å². The Morgan fingerprint density at radius 1 is 1.21 bits per heavy atom. The summed E-state index contributed by atoms with van der Waals surface area (Å²) in [6.07, 6.45) is -0.211. The molecule has 1 aliphatic rings. The van der Waals surface area contributed by atoms with E-state index in [1.54, 1.807) is 18.4 Å². The Morgan fingerprint density at radius 3 is 2.64 bits per heavy atom. The van der Waals surface area contributed by atoms with Crippen LogP contribution in [0.15, 0.2) is 52.3 Å². The number of rotatable bonds is 3. The minimum Gasteiger partial charge on any atom is -0.496 e. The molecule has 2 N–H and O–H groups in total. The van der Waals surface area contributed by atoms with E-state index in [0.717, 1.165) is 42.5 Å². The van der Waals surface area contributed by atoms with E-state index in [4.69, 9.17) is 27.4 Å². The number of quaternary nitrogens is 1. The van der Waals surface area contributed by atoms with E-state index in [0.29, 0.717) is 9.60 Å². The number of thiophene rings is 1. The number of hydrogen-bond acceptors (Lipinski definition) is 4. The standard InChI is InChI=1S/C21H19BrN2O2S2/c1-24(2,21(23)27)12-7-8-13-14(11-12)20(17-9-10-18(22)28-17)26-16-6-4-5-15(25-3)19(13)16/h4-11,20H,1-3H3,(H-,23,27)/p+1. The summed E-state index contributed by atoms with van der Waals surface area (Å²) in [6.45, 7) is 0. The zero-order valence-electron chi connectivity index (χ0n) is 15.7. The molecule has 1 aromatic heterocycles. The Balaban J connectivity index is 1.97. The topological polar surface area (TPSA) is 44.5 Å². The van der Waals surface area contributed by atoms with Crippen molar-refractivity contribution < 1.29 is 9.47 Å². The average Bonchev–Trinajstić information content (AvgIpc) is 3.12. The fraction of sp³-hybridized carbons (Fsp3) is 0.190. The second-order valence-corrected chi connectivity index (χ2v) is 9.95. The number of ether oxygens (including phenoxy) is 2. The van der Waals surface area contributed by atoms with Gasteiger partial charge in [-0.3, -0.25) is 0 Å². The summed E-state index contributed by atoms with van der Waals surface area (Å²) in [7, 11) is 5.65. The summed E-state index contributed by atoms with van der Waals surface area (Å²) in [5, 5.41) is 0.407. The van der Waals surface area contributed by atoms with Crippen LogP contribution in [-0.2, 0) is 0 Å². The van der Waals surface area contributed by atoms with Gasteiger partial charge in [0.1, 0.15) is 17.2 Å². The fourth-order valence-electron chi connectivity index (χ4n) is 3.39. The zero-order valence-corrected chi connectivity index (χ0v) is 19.0. The van der Waals surface area contributed by atoms with Crippen molar-refractivity contribution in [3.05, 3.63) is 62.8 Å². The van der Waals surface area contributed by atoms with Gasteiger partial charge in [-0.05, 0) is 51.8 Å². The normalized spacial score (nSPS) is 15.4. The third-order valence-electron chi connectivity index (χ3n) is 5.09. The largest absolute Gasteiger partial charge is 0.496 e. The molecule has 1 atom stereocenters. The van der Waals surface area contributed by atoms with E-state index >= 15 is 0 Å². The molecule has 3 aromatic rings. The van der Waals surface area contributed by atoms with E-state index < -0.39 is 0 Å². The minimum atomic E-state index is -0.211. The van der Waals surface area contributed by atoms with Gasteiger partial charge in [-0.2, -0.15) is 0 Å². The van der Waals surface area contributed by atoms with Gasteiger partial charge < -0.3 is 15.2 Å². The lowest BCUT2D eigenvalue weighted by Crippen LogP contribution is -2.50. The van der Waals surface area contributed by atoms with Gasteiger partial charge in [0.25, 0.3) is 5.11 Å². The molecule has 4 rings (SSSR count). The van der Waals surface area contributed by atoms with E-state index in [9.17, 15) is 0 Å². The molecule has 2 aromatic carbocycles. The molecule has 0 saturated carbocycles. The fourth-order valence-corrected chi connectivity index (χ4v) is 4.96. The number of halogens is 1. The lowest BCUT2D eigenvalue weighted by Gasteiger charge is -2.32. The number of thiocarbonyl (C=S) groups is 1. The van der Waals surface area contributed by atoms with Crippen molar-refractivity contribution in [1.29, 1.82) is 0 Å². The van der Waals surface area contributed by atoms with Crippen LogP contribution in [0.4, 0.5) is 5.69 Å². The number of methoxy groups -OCH3 is 1. The highest BCUT2D eigenvalue weighted by Crippen LogP contribution is 2.50. The van der Waals surface area contributed by atoms with Crippen LogP contribution in [0.2, 0.25) is 0 Å². The van der Waals surface area contributed by atoms with Gasteiger partial charge in [0.15, 0.2) is 6.10 Å². The molecule has 28 heavy (non-hydrogen) atoms. The molecule has 0 aliphatic carbocycles. The summed E-state index contributed by atoms with van der Waals surface area (Å²) in [5.74, 6) is 1.61. The van der Waals surface area contributed by atoms with Crippen LogP contribution in [-0.4, -0.2) is 26.3 Å². The predicted molar refractivity (Wildman–Crippen MR) is 123 cm³/mol. The maximum atomic E-state index is 6.47. The molecular formula is C21H20BrN2O2S2+. The van der Waals surface area contributed by atoms with Crippen molar-refractivity contribution in [2.75, 3.05) is 21.2 Å². The lowest BCUT2D eigenvalue weighted by atomic mass is 9.90. The van der Waals surface area contributed by atoms with Crippen LogP contribution in [0.3, 0.4) is 0 Å². The Kier molecular flexibility index (Phi) is 4.95. The Morgan fingerprint density at radius 2 is 2.00 bits per heavy atom. The first-order valence-corrected chi connectivity index (χ1v) is 10.7. The van der Waals surface area contributed by atoms with Crippen molar-refractivity contribution in [2.24, 2.45) is 5.73 Å². The highest BCUT2D eigenvalue weighted by Gasteiger charge is 2.33. The van der Waals surface area contributed by atoms with Crippen molar-refractivity contribution in [1.82, 2.24) is 4.48 Å². The van der Waals surface area contributed by atoms with Crippen LogP contribution in [0.25, 0.3) is 11.1 Å². The first kappa shape index (κ1) is 19.4. The molecule has 2 heterocycles. The van der Waals surface area contributed by atoms with Crippen LogP contribution in [0.1, 0.15) is 16.5 Å². The lowest BCUT2D eigenvalue weighted by molar-refractivity contribution is 0.245. The second kappa shape index (κ2) is 7.15. The highest BCUT2D eigenvalue weighted by atomic mass is 79.9. The van der Waals surface area contributed by atoms with Crippen molar-refractivity contribution in [3.8, 4) is 22.6 Å². The zero-order chi connectivity index (χ0) is 20.1. The third kappa shape index (κ3) is 3.12. The molecular weight excluding hydrogens is 456 g/mol. The van der Waals surface area contributed by atoms with Crippen LogP contribution in [0, 0.1) is 0 Å². The second-order valence-electron chi connectivity index (χ2n) is 7.04. The SMILES string of the molecule is COc1cccc2c1-c1ccc([N+](C)(C)C(N)=S)cc1C(c1ccc(Br)s1)O2. The van der Waals surface area contributed by atoms with Crippen molar-refractivity contribution in [3.63, 3.8) is 0 Å². The van der Waals surface area contributed by atoms with Gasteiger partial charge >= 0.3 is 0 Å². The molecule has 0 fully saturated rings. The Bertz CT molecular complexity index is 1080. The molecule has 7 heteroatoms.